The predicted octanol–water partition coefficient (Wildman–Crippen LogP) is 4.90. The van der Waals surface area contributed by atoms with Crippen LogP contribution in [-0.4, -0.2) is 42.0 Å². The quantitative estimate of drug-likeness (QED) is 0.551. The number of amides is 2. The van der Waals surface area contributed by atoms with E-state index in [4.69, 9.17) is 9.47 Å². The molecule has 1 unspecified atom stereocenters. The van der Waals surface area contributed by atoms with E-state index in [-0.39, 0.29) is 18.4 Å². The van der Waals surface area contributed by atoms with Crippen molar-refractivity contribution in [3.63, 3.8) is 0 Å². The van der Waals surface area contributed by atoms with Crippen molar-refractivity contribution in [3.05, 3.63) is 65.0 Å². The number of imide groups is 1. The number of nitrogens with one attached hydrogen (secondary N) is 1. The average Bonchev–Trinajstić information content (AvgIpc) is 3.32. The summed E-state index contributed by atoms with van der Waals surface area (Å²) in [7, 11) is 3.24. The zero-order valence-electron chi connectivity index (χ0n) is 20.8. The number of benzene rings is 2. The molecule has 7 heteroatoms. The molecule has 0 radical (unpaired) electrons. The Bertz CT molecular complexity index is 1370. The van der Waals surface area contributed by atoms with Gasteiger partial charge in [0, 0.05) is 54.0 Å². The fourth-order valence-corrected chi connectivity index (χ4v) is 5.24. The standard InChI is InChI=1S/C28H31N3O4/c1-16(2)11-12-30-14-20-25(19-10-9-18(34-4)13-24(19)35-5)27-22(15-31(17(3)32)28(27)33)29-21-7-6-8-23(30)26(20)21/h6-10,13-14,16,25,29H,11-12,15H2,1-5H3. The molecule has 182 valence electrons. The van der Waals surface area contributed by atoms with Gasteiger partial charge in [-0.25, -0.2) is 0 Å². The van der Waals surface area contributed by atoms with E-state index in [1.54, 1.807) is 14.2 Å². The zero-order chi connectivity index (χ0) is 24.9. The molecule has 1 N–H and O–H groups in total. The summed E-state index contributed by atoms with van der Waals surface area (Å²) in [4.78, 5) is 27.3. The number of aromatic nitrogens is 1. The number of methoxy groups -OCH3 is 2. The van der Waals surface area contributed by atoms with E-state index in [0.29, 0.717) is 23.0 Å². The highest BCUT2D eigenvalue weighted by molar-refractivity contribution is 6.11. The first-order valence-corrected chi connectivity index (χ1v) is 12.0. The van der Waals surface area contributed by atoms with Crippen molar-refractivity contribution >= 4 is 28.4 Å². The maximum atomic E-state index is 13.7. The second kappa shape index (κ2) is 8.80. The van der Waals surface area contributed by atoms with Crippen LogP contribution in [0.15, 0.2) is 53.9 Å². The van der Waals surface area contributed by atoms with Crippen molar-refractivity contribution in [1.29, 1.82) is 0 Å². The highest BCUT2D eigenvalue weighted by Crippen LogP contribution is 2.49. The summed E-state index contributed by atoms with van der Waals surface area (Å²) < 4.78 is 13.5. The normalized spacial score (nSPS) is 17.0. The summed E-state index contributed by atoms with van der Waals surface area (Å²) >= 11 is 0. The van der Waals surface area contributed by atoms with E-state index in [0.717, 1.165) is 46.4 Å². The first kappa shape index (κ1) is 23.0. The van der Waals surface area contributed by atoms with Crippen LogP contribution in [0.5, 0.6) is 11.5 Å². The average molecular weight is 474 g/mol. The second-order valence-corrected chi connectivity index (χ2v) is 9.63. The number of aryl methyl sites for hydroxylation is 1. The van der Waals surface area contributed by atoms with Gasteiger partial charge in [-0.15, -0.1) is 0 Å². The van der Waals surface area contributed by atoms with Gasteiger partial charge in [-0.2, -0.15) is 0 Å². The Kier molecular flexibility index (Phi) is 5.79. The number of nitrogens with zero attached hydrogens (tertiary/aromatic N) is 2. The lowest BCUT2D eigenvalue weighted by Crippen LogP contribution is -2.33. The van der Waals surface area contributed by atoms with Crippen LogP contribution in [-0.2, 0) is 16.1 Å². The minimum Gasteiger partial charge on any atom is -0.497 e. The number of hydrogen-bond donors (Lipinski definition) is 1. The van der Waals surface area contributed by atoms with Gasteiger partial charge in [0.05, 0.1) is 31.9 Å². The molecule has 7 nitrogen and oxygen atoms in total. The molecule has 0 saturated carbocycles. The van der Waals surface area contributed by atoms with Crippen molar-refractivity contribution in [1.82, 2.24) is 9.47 Å². The highest BCUT2D eigenvalue weighted by Gasteiger charge is 2.42. The fourth-order valence-electron chi connectivity index (χ4n) is 5.24. The van der Waals surface area contributed by atoms with Crippen molar-refractivity contribution in [2.75, 3.05) is 26.1 Å². The lowest BCUT2D eigenvalue weighted by molar-refractivity contribution is -0.139. The minimum atomic E-state index is -0.401. The molecule has 3 heterocycles. The van der Waals surface area contributed by atoms with Crippen molar-refractivity contribution in [2.24, 2.45) is 5.92 Å². The summed E-state index contributed by atoms with van der Waals surface area (Å²) in [6.45, 7) is 6.98. The van der Waals surface area contributed by atoms with E-state index in [1.807, 2.05) is 30.3 Å². The third kappa shape index (κ3) is 3.75. The van der Waals surface area contributed by atoms with E-state index in [2.05, 4.69) is 36.0 Å². The van der Waals surface area contributed by atoms with Crippen LogP contribution in [0.25, 0.3) is 10.9 Å². The first-order valence-electron chi connectivity index (χ1n) is 12.0. The molecule has 35 heavy (non-hydrogen) atoms. The van der Waals surface area contributed by atoms with Crippen LogP contribution < -0.4 is 14.8 Å². The maximum absolute atomic E-state index is 13.7. The number of ether oxygens (including phenoxy) is 2. The number of rotatable bonds is 6. The highest BCUT2D eigenvalue weighted by atomic mass is 16.5. The molecule has 2 amide bonds. The van der Waals surface area contributed by atoms with Crippen LogP contribution in [0, 0.1) is 5.92 Å². The molecule has 1 aromatic heterocycles. The van der Waals surface area contributed by atoms with Crippen LogP contribution in [0.2, 0.25) is 0 Å². The number of carbonyl (C=O) groups excluding carboxylic acids is 2. The molecule has 0 fully saturated rings. The summed E-state index contributed by atoms with van der Waals surface area (Å²) in [6.07, 6.45) is 3.22. The molecular formula is C28H31N3O4. The van der Waals surface area contributed by atoms with Crippen LogP contribution >= 0.6 is 0 Å². The summed E-state index contributed by atoms with van der Waals surface area (Å²) in [6, 6.07) is 11.9. The van der Waals surface area contributed by atoms with Crippen molar-refractivity contribution in [3.8, 4) is 11.5 Å². The minimum absolute atomic E-state index is 0.229. The Morgan fingerprint density at radius 2 is 1.94 bits per heavy atom. The van der Waals surface area contributed by atoms with Gasteiger partial charge >= 0.3 is 0 Å². The van der Waals surface area contributed by atoms with Crippen LogP contribution in [0.4, 0.5) is 5.69 Å². The summed E-state index contributed by atoms with van der Waals surface area (Å²) in [5, 5.41) is 4.62. The van der Waals surface area contributed by atoms with Crippen LogP contribution in [0.1, 0.15) is 44.2 Å². The molecule has 1 atom stereocenters. The fraction of sp³-hybridized carbons (Fsp3) is 0.357. The van der Waals surface area contributed by atoms with E-state index >= 15 is 0 Å². The van der Waals surface area contributed by atoms with Gasteiger partial charge in [0.15, 0.2) is 0 Å². The Morgan fingerprint density at radius 3 is 2.63 bits per heavy atom. The molecule has 0 aliphatic carbocycles. The number of anilines is 1. The third-order valence-corrected chi connectivity index (χ3v) is 7.02. The molecule has 3 aromatic rings. The molecule has 2 aromatic carbocycles. The summed E-state index contributed by atoms with van der Waals surface area (Å²) in [5.74, 6) is 0.948. The van der Waals surface area contributed by atoms with Crippen molar-refractivity contribution < 1.29 is 19.1 Å². The Labute approximate surface area is 205 Å². The number of carbonyl (C=O) groups is 2. The smallest absolute Gasteiger partial charge is 0.259 e. The van der Waals surface area contributed by atoms with Crippen LogP contribution in [0.3, 0.4) is 0 Å². The van der Waals surface area contributed by atoms with Gasteiger partial charge in [0.2, 0.25) is 5.91 Å². The molecular weight excluding hydrogens is 442 g/mol. The topological polar surface area (TPSA) is 72.8 Å². The zero-order valence-corrected chi connectivity index (χ0v) is 20.8. The van der Waals surface area contributed by atoms with E-state index in [9.17, 15) is 9.59 Å². The lowest BCUT2D eigenvalue weighted by Gasteiger charge is -2.22. The second-order valence-electron chi connectivity index (χ2n) is 9.63. The molecule has 2 aliphatic heterocycles. The lowest BCUT2D eigenvalue weighted by atomic mass is 9.84. The van der Waals surface area contributed by atoms with Gasteiger partial charge in [0.25, 0.3) is 5.91 Å². The Balaban J connectivity index is 1.78. The molecule has 0 spiro atoms. The summed E-state index contributed by atoms with van der Waals surface area (Å²) in [5.41, 5.74) is 5.30. The van der Waals surface area contributed by atoms with Gasteiger partial charge in [-0.1, -0.05) is 26.0 Å². The maximum Gasteiger partial charge on any atom is 0.259 e. The van der Waals surface area contributed by atoms with E-state index < -0.39 is 5.92 Å². The van der Waals surface area contributed by atoms with Crippen molar-refractivity contribution in [2.45, 2.75) is 39.7 Å². The van der Waals surface area contributed by atoms with Gasteiger partial charge in [-0.3, -0.25) is 14.5 Å². The molecule has 0 bridgehead atoms. The predicted molar refractivity (Wildman–Crippen MR) is 136 cm³/mol. The molecule has 2 aliphatic rings. The Morgan fingerprint density at radius 1 is 1.14 bits per heavy atom. The van der Waals surface area contributed by atoms with Gasteiger partial charge in [-0.05, 0) is 36.1 Å². The molecule has 0 saturated heterocycles. The monoisotopic (exact) mass is 473 g/mol. The number of hydrogen-bond acceptors (Lipinski definition) is 5. The SMILES string of the molecule is COc1ccc(C2C3=C(CN(C(C)=O)C3=O)Nc3cccc4c3c2cn4CCC(C)C)c(OC)c1. The van der Waals surface area contributed by atoms with Gasteiger partial charge < -0.3 is 19.4 Å². The van der Waals surface area contributed by atoms with Gasteiger partial charge in [0.1, 0.15) is 11.5 Å². The largest absolute Gasteiger partial charge is 0.497 e. The van der Waals surface area contributed by atoms with E-state index in [1.165, 1.54) is 11.8 Å². The molecule has 5 rings (SSSR count). The third-order valence-electron chi connectivity index (χ3n) is 7.02. The Hall–Kier alpha value is -3.74. The first-order chi connectivity index (χ1) is 16.8.